The van der Waals surface area contributed by atoms with Crippen molar-refractivity contribution in [1.29, 1.82) is 0 Å². The van der Waals surface area contributed by atoms with Crippen LogP contribution in [0.3, 0.4) is 0 Å². The molecule has 0 atom stereocenters. The molecule has 18 heavy (non-hydrogen) atoms. The summed E-state index contributed by atoms with van der Waals surface area (Å²) < 4.78 is 5.04. The number of amides is 1. The molecule has 0 aliphatic carbocycles. The number of hydrogen-bond acceptors (Lipinski definition) is 3. The molecular weight excluding hydrogens is 228 g/mol. The molecule has 0 unspecified atom stereocenters. The molecule has 0 radical (unpaired) electrons. The average molecular weight is 258 g/mol. The number of nitrogens with two attached hydrogens (primary N) is 1. The summed E-state index contributed by atoms with van der Waals surface area (Å²) in [6.07, 6.45) is 10.3. The number of hydrogen-bond donors (Lipinski definition) is 2. The van der Waals surface area contributed by atoms with E-state index < -0.39 is 0 Å². The molecule has 0 aromatic heterocycles. The molecule has 0 aliphatic heterocycles. The van der Waals surface area contributed by atoms with E-state index >= 15 is 0 Å². The van der Waals surface area contributed by atoms with E-state index in [1.54, 1.807) is 0 Å². The van der Waals surface area contributed by atoms with E-state index in [4.69, 9.17) is 10.5 Å². The molecular formula is C14H30N2O2. The van der Waals surface area contributed by atoms with E-state index in [9.17, 15) is 4.79 Å². The molecule has 0 rings (SSSR count). The van der Waals surface area contributed by atoms with Crippen LogP contribution in [0.4, 0.5) is 0 Å². The van der Waals surface area contributed by atoms with Gasteiger partial charge >= 0.3 is 0 Å². The highest BCUT2D eigenvalue weighted by Gasteiger charge is 1.99. The van der Waals surface area contributed by atoms with Crippen molar-refractivity contribution in [3.63, 3.8) is 0 Å². The summed E-state index contributed by atoms with van der Waals surface area (Å²) in [5.41, 5.74) is 5.26. The highest BCUT2D eigenvalue weighted by atomic mass is 16.5. The van der Waals surface area contributed by atoms with E-state index in [2.05, 4.69) is 12.2 Å². The van der Waals surface area contributed by atoms with E-state index in [1.165, 1.54) is 44.9 Å². The number of carbonyl (C=O) groups excluding carboxylic acids is 1. The van der Waals surface area contributed by atoms with Gasteiger partial charge in [0, 0.05) is 13.1 Å². The molecule has 1 amide bonds. The van der Waals surface area contributed by atoms with Crippen molar-refractivity contribution >= 4 is 5.91 Å². The SMILES string of the molecule is CCCCCCCCCCNC(=O)COCCN. The van der Waals surface area contributed by atoms with Gasteiger partial charge < -0.3 is 15.8 Å². The van der Waals surface area contributed by atoms with Gasteiger partial charge in [-0.25, -0.2) is 0 Å². The molecule has 108 valence electrons. The summed E-state index contributed by atoms with van der Waals surface area (Å²) in [5.74, 6) is -0.0357. The van der Waals surface area contributed by atoms with E-state index in [0.717, 1.165) is 13.0 Å². The van der Waals surface area contributed by atoms with Gasteiger partial charge in [0.15, 0.2) is 0 Å². The van der Waals surface area contributed by atoms with Gasteiger partial charge in [0.25, 0.3) is 0 Å². The maximum absolute atomic E-state index is 11.2. The maximum Gasteiger partial charge on any atom is 0.245 e. The molecule has 0 bridgehead atoms. The zero-order chi connectivity index (χ0) is 13.5. The van der Waals surface area contributed by atoms with Gasteiger partial charge in [-0.05, 0) is 6.42 Å². The van der Waals surface area contributed by atoms with Crippen molar-refractivity contribution in [3.8, 4) is 0 Å². The lowest BCUT2D eigenvalue weighted by molar-refractivity contribution is -0.125. The lowest BCUT2D eigenvalue weighted by Gasteiger charge is -2.05. The van der Waals surface area contributed by atoms with Crippen LogP contribution in [-0.4, -0.2) is 32.2 Å². The number of carbonyl (C=O) groups is 1. The zero-order valence-electron chi connectivity index (χ0n) is 11.9. The Bertz CT molecular complexity index is 187. The van der Waals surface area contributed by atoms with Crippen LogP contribution in [0.2, 0.25) is 0 Å². The van der Waals surface area contributed by atoms with E-state index in [0.29, 0.717) is 13.2 Å². The molecule has 0 aromatic carbocycles. The molecule has 3 N–H and O–H groups in total. The summed E-state index contributed by atoms with van der Waals surface area (Å²) in [6.45, 7) is 4.05. The number of unbranched alkanes of at least 4 members (excludes halogenated alkanes) is 7. The minimum absolute atomic E-state index is 0.0357. The summed E-state index contributed by atoms with van der Waals surface area (Å²) >= 11 is 0. The standard InChI is InChI=1S/C14H30N2O2/c1-2-3-4-5-6-7-8-9-11-16-14(17)13-18-12-10-15/h2-13,15H2,1H3,(H,16,17). The lowest BCUT2D eigenvalue weighted by atomic mass is 10.1. The molecule has 0 spiro atoms. The first-order valence-corrected chi connectivity index (χ1v) is 7.35. The molecule has 0 aromatic rings. The van der Waals surface area contributed by atoms with Gasteiger partial charge in [-0.3, -0.25) is 4.79 Å². The van der Waals surface area contributed by atoms with Crippen LogP contribution in [0, 0.1) is 0 Å². The van der Waals surface area contributed by atoms with Crippen molar-refractivity contribution in [1.82, 2.24) is 5.32 Å². The Hall–Kier alpha value is -0.610. The number of ether oxygens (including phenoxy) is 1. The maximum atomic E-state index is 11.2. The van der Waals surface area contributed by atoms with Gasteiger partial charge in [0.05, 0.1) is 6.61 Å². The van der Waals surface area contributed by atoms with Crippen LogP contribution in [0.1, 0.15) is 58.3 Å². The van der Waals surface area contributed by atoms with Crippen LogP contribution in [0.5, 0.6) is 0 Å². The summed E-state index contributed by atoms with van der Waals surface area (Å²) in [5, 5.41) is 2.85. The second kappa shape index (κ2) is 14.5. The number of rotatable bonds is 13. The van der Waals surface area contributed by atoms with Gasteiger partial charge in [0.1, 0.15) is 6.61 Å². The molecule has 4 heteroatoms. The van der Waals surface area contributed by atoms with Gasteiger partial charge in [0.2, 0.25) is 5.91 Å². The molecule has 0 fully saturated rings. The highest BCUT2D eigenvalue weighted by Crippen LogP contribution is 2.07. The summed E-state index contributed by atoms with van der Waals surface area (Å²) in [7, 11) is 0. The fraction of sp³-hybridized carbons (Fsp3) is 0.929. The second-order valence-corrected chi connectivity index (χ2v) is 4.67. The fourth-order valence-electron chi connectivity index (χ4n) is 1.79. The lowest BCUT2D eigenvalue weighted by Crippen LogP contribution is -2.29. The Morgan fingerprint density at radius 3 is 2.28 bits per heavy atom. The number of nitrogens with one attached hydrogen (secondary N) is 1. The molecule has 4 nitrogen and oxygen atoms in total. The molecule has 0 saturated carbocycles. The smallest absolute Gasteiger partial charge is 0.245 e. The van der Waals surface area contributed by atoms with Crippen LogP contribution in [0.25, 0.3) is 0 Å². The first kappa shape index (κ1) is 17.4. The van der Waals surface area contributed by atoms with Crippen LogP contribution in [0.15, 0.2) is 0 Å². The average Bonchev–Trinajstić information content (AvgIpc) is 2.37. The molecule has 0 saturated heterocycles. The van der Waals surface area contributed by atoms with Crippen LogP contribution >= 0.6 is 0 Å². The van der Waals surface area contributed by atoms with Crippen molar-refractivity contribution in [2.45, 2.75) is 58.3 Å². The normalized spacial score (nSPS) is 10.6. The minimum atomic E-state index is -0.0357. The third-order valence-electron chi connectivity index (χ3n) is 2.85. The largest absolute Gasteiger partial charge is 0.370 e. The first-order chi connectivity index (χ1) is 8.81. The summed E-state index contributed by atoms with van der Waals surface area (Å²) in [6, 6.07) is 0. The monoisotopic (exact) mass is 258 g/mol. The fourth-order valence-corrected chi connectivity index (χ4v) is 1.79. The van der Waals surface area contributed by atoms with Gasteiger partial charge in [-0.2, -0.15) is 0 Å². The van der Waals surface area contributed by atoms with Crippen LogP contribution in [-0.2, 0) is 9.53 Å². The minimum Gasteiger partial charge on any atom is -0.370 e. The Morgan fingerprint density at radius 1 is 1.06 bits per heavy atom. The van der Waals surface area contributed by atoms with Crippen LogP contribution < -0.4 is 11.1 Å². The Morgan fingerprint density at radius 2 is 1.67 bits per heavy atom. The van der Waals surface area contributed by atoms with Gasteiger partial charge in [-0.1, -0.05) is 51.9 Å². The first-order valence-electron chi connectivity index (χ1n) is 7.35. The highest BCUT2D eigenvalue weighted by molar-refractivity contribution is 5.77. The van der Waals surface area contributed by atoms with Crippen molar-refractivity contribution < 1.29 is 9.53 Å². The second-order valence-electron chi connectivity index (χ2n) is 4.67. The Labute approximate surface area is 112 Å². The molecule has 0 heterocycles. The Kier molecular flexibility index (Phi) is 14.0. The Balaban J connectivity index is 3.08. The van der Waals surface area contributed by atoms with Crippen molar-refractivity contribution in [2.75, 3.05) is 26.3 Å². The molecule has 0 aliphatic rings. The van der Waals surface area contributed by atoms with Gasteiger partial charge in [-0.15, -0.1) is 0 Å². The summed E-state index contributed by atoms with van der Waals surface area (Å²) in [4.78, 5) is 11.2. The van der Waals surface area contributed by atoms with Crippen molar-refractivity contribution in [2.24, 2.45) is 5.73 Å². The predicted octanol–water partition coefficient (Wildman–Crippen LogP) is 2.22. The van der Waals surface area contributed by atoms with E-state index in [1.807, 2.05) is 0 Å². The van der Waals surface area contributed by atoms with Crippen molar-refractivity contribution in [3.05, 3.63) is 0 Å². The zero-order valence-corrected chi connectivity index (χ0v) is 11.9. The predicted molar refractivity (Wildman–Crippen MR) is 75.5 cm³/mol. The third kappa shape index (κ3) is 13.5. The topological polar surface area (TPSA) is 64.3 Å². The third-order valence-corrected chi connectivity index (χ3v) is 2.85. The quantitative estimate of drug-likeness (QED) is 0.498. The van der Waals surface area contributed by atoms with E-state index in [-0.39, 0.29) is 12.5 Å².